The van der Waals surface area contributed by atoms with Gasteiger partial charge in [0.15, 0.2) is 0 Å². The molecule has 1 saturated heterocycles. The average Bonchev–Trinajstić information content (AvgIpc) is 2.41. The van der Waals surface area contributed by atoms with Crippen LogP contribution in [0.15, 0.2) is 12.3 Å². The predicted molar refractivity (Wildman–Crippen MR) is 79.1 cm³/mol. The molecule has 6 heteroatoms. The summed E-state index contributed by atoms with van der Waals surface area (Å²) in [5.74, 6) is -0.147. The van der Waals surface area contributed by atoms with E-state index in [2.05, 4.69) is 10.3 Å². The smallest absolute Gasteiger partial charge is 0.222 e. The van der Waals surface area contributed by atoms with Crippen molar-refractivity contribution in [2.75, 3.05) is 25.0 Å². The molecule has 0 bridgehead atoms. The van der Waals surface area contributed by atoms with Crippen LogP contribution in [0.5, 0.6) is 0 Å². The number of β-amino-alcohol motifs (C(OH)–C–C–N with tert-alkyl or cyclic N) is 1. The molecule has 1 unspecified atom stereocenters. The first-order chi connectivity index (χ1) is 9.45. The quantitative estimate of drug-likeness (QED) is 0.887. The zero-order chi connectivity index (χ0) is 14.8. The van der Waals surface area contributed by atoms with Crippen LogP contribution in [0.3, 0.4) is 0 Å². The van der Waals surface area contributed by atoms with Crippen molar-refractivity contribution in [3.8, 4) is 0 Å². The molecule has 1 aliphatic heterocycles. The zero-order valence-electron chi connectivity index (χ0n) is 11.8. The molecule has 1 fully saturated rings. The first-order valence-corrected chi connectivity index (χ1v) is 7.12. The maximum Gasteiger partial charge on any atom is 0.222 e. The molecule has 0 spiro atoms. The molecule has 1 atom stereocenters. The predicted octanol–water partition coefficient (Wildman–Crippen LogP) is 1.51. The van der Waals surface area contributed by atoms with Gasteiger partial charge in [0.1, 0.15) is 0 Å². The summed E-state index contributed by atoms with van der Waals surface area (Å²) < 4.78 is 0. The molecular formula is C14H20ClN3O2. The van der Waals surface area contributed by atoms with Gasteiger partial charge in [-0.2, -0.15) is 0 Å². The Morgan fingerprint density at radius 3 is 3.10 bits per heavy atom. The fourth-order valence-electron chi connectivity index (χ4n) is 2.63. The molecule has 1 aromatic rings. The third-order valence-electron chi connectivity index (χ3n) is 3.71. The SMILES string of the molecule is CNC(=O)CC1(O)CCCN(c2ccnc(C)c2Cl)C1. The monoisotopic (exact) mass is 297 g/mol. The number of aryl methyl sites for hydroxylation is 1. The maximum atomic E-state index is 11.5. The van der Waals surface area contributed by atoms with Crippen LogP contribution in [0.1, 0.15) is 25.0 Å². The summed E-state index contributed by atoms with van der Waals surface area (Å²) in [5.41, 5.74) is 0.637. The van der Waals surface area contributed by atoms with E-state index < -0.39 is 5.60 Å². The van der Waals surface area contributed by atoms with Gasteiger partial charge in [-0.1, -0.05) is 11.6 Å². The van der Waals surface area contributed by atoms with E-state index in [0.717, 1.165) is 24.3 Å². The molecule has 2 rings (SSSR count). The molecule has 0 saturated carbocycles. The molecule has 1 aliphatic rings. The van der Waals surface area contributed by atoms with E-state index in [0.29, 0.717) is 18.0 Å². The zero-order valence-corrected chi connectivity index (χ0v) is 12.6. The summed E-state index contributed by atoms with van der Waals surface area (Å²) >= 11 is 6.29. The minimum absolute atomic E-state index is 0.113. The summed E-state index contributed by atoms with van der Waals surface area (Å²) in [6, 6.07) is 1.85. The van der Waals surface area contributed by atoms with Gasteiger partial charge in [-0.25, -0.2) is 0 Å². The molecule has 0 radical (unpaired) electrons. The molecule has 110 valence electrons. The number of aromatic nitrogens is 1. The number of carbonyl (C=O) groups excluding carboxylic acids is 1. The highest BCUT2D eigenvalue weighted by Crippen LogP contribution is 2.33. The number of rotatable bonds is 3. The lowest BCUT2D eigenvalue weighted by Crippen LogP contribution is -2.50. The van der Waals surface area contributed by atoms with E-state index in [1.54, 1.807) is 13.2 Å². The Hall–Kier alpha value is -1.33. The highest BCUT2D eigenvalue weighted by atomic mass is 35.5. The average molecular weight is 298 g/mol. The van der Waals surface area contributed by atoms with Gasteiger partial charge < -0.3 is 15.3 Å². The number of nitrogens with zero attached hydrogens (tertiary/aromatic N) is 2. The number of carbonyl (C=O) groups is 1. The Labute approximate surface area is 123 Å². The van der Waals surface area contributed by atoms with Gasteiger partial charge in [0, 0.05) is 26.3 Å². The van der Waals surface area contributed by atoms with Crippen molar-refractivity contribution in [1.29, 1.82) is 0 Å². The Morgan fingerprint density at radius 2 is 2.40 bits per heavy atom. The van der Waals surface area contributed by atoms with Gasteiger partial charge >= 0.3 is 0 Å². The lowest BCUT2D eigenvalue weighted by molar-refractivity contribution is -0.125. The summed E-state index contributed by atoms with van der Waals surface area (Å²) in [6.45, 7) is 3.08. The van der Waals surface area contributed by atoms with Crippen molar-refractivity contribution in [3.63, 3.8) is 0 Å². The number of aliphatic hydroxyl groups is 1. The van der Waals surface area contributed by atoms with Crippen LogP contribution in [0.2, 0.25) is 5.02 Å². The van der Waals surface area contributed by atoms with Gasteiger partial charge in [-0.05, 0) is 25.8 Å². The fourth-order valence-corrected chi connectivity index (χ4v) is 2.86. The van der Waals surface area contributed by atoms with Crippen LogP contribution in [0.4, 0.5) is 5.69 Å². The van der Waals surface area contributed by atoms with Crippen molar-refractivity contribution in [2.24, 2.45) is 0 Å². The van der Waals surface area contributed by atoms with E-state index in [1.165, 1.54) is 0 Å². The number of piperidine rings is 1. The van der Waals surface area contributed by atoms with Gasteiger partial charge in [0.05, 0.1) is 28.4 Å². The molecule has 1 amide bonds. The van der Waals surface area contributed by atoms with E-state index in [-0.39, 0.29) is 12.3 Å². The summed E-state index contributed by atoms with van der Waals surface area (Å²) in [4.78, 5) is 17.7. The standard InChI is InChI=1S/C14H20ClN3O2/c1-10-13(15)11(4-6-17-10)18-7-3-5-14(20,9-18)8-12(19)16-2/h4,6,20H,3,5,7-9H2,1-2H3,(H,16,19). The second-order valence-corrected chi connectivity index (χ2v) is 5.71. The Balaban J connectivity index is 2.18. The second kappa shape index (κ2) is 5.97. The normalized spacial score (nSPS) is 22.7. The number of amides is 1. The third kappa shape index (κ3) is 3.22. The molecule has 2 heterocycles. The number of pyridine rings is 1. The second-order valence-electron chi connectivity index (χ2n) is 5.33. The number of hydrogen-bond donors (Lipinski definition) is 2. The number of halogens is 1. The van der Waals surface area contributed by atoms with Crippen molar-refractivity contribution in [2.45, 2.75) is 31.8 Å². The molecule has 0 aliphatic carbocycles. The minimum Gasteiger partial charge on any atom is -0.388 e. The van der Waals surface area contributed by atoms with Gasteiger partial charge in [0.2, 0.25) is 5.91 Å². The molecule has 20 heavy (non-hydrogen) atoms. The number of anilines is 1. The largest absolute Gasteiger partial charge is 0.388 e. The van der Waals surface area contributed by atoms with Gasteiger partial charge in [-0.3, -0.25) is 9.78 Å². The number of nitrogens with one attached hydrogen (secondary N) is 1. The minimum atomic E-state index is -1.00. The Kier molecular flexibility index (Phi) is 4.50. The molecular weight excluding hydrogens is 278 g/mol. The summed E-state index contributed by atoms with van der Waals surface area (Å²) in [7, 11) is 1.58. The van der Waals surface area contributed by atoms with E-state index >= 15 is 0 Å². The highest BCUT2D eigenvalue weighted by Gasteiger charge is 2.35. The maximum absolute atomic E-state index is 11.5. The Morgan fingerprint density at radius 1 is 1.65 bits per heavy atom. The topological polar surface area (TPSA) is 65.5 Å². The summed E-state index contributed by atoms with van der Waals surface area (Å²) in [5, 5.41) is 13.8. The first-order valence-electron chi connectivity index (χ1n) is 6.74. The molecule has 0 aromatic carbocycles. The van der Waals surface area contributed by atoms with Crippen molar-refractivity contribution >= 4 is 23.2 Å². The van der Waals surface area contributed by atoms with Crippen LogP contribution < -0.4 is 10.2 Å². The van der Waals surface area contributed by atoms with E-state index in [1.807, 2.05) is 17.9 Å². The van der Waals surface area contributed by atoms with Crippen molar-refractivity contribution in [3.05, 3.63) is 23.0 Å². The highest BCUT2D eigenvalue weighted by molar-refractivity contribution is 6.33. The number of hydrogen-bond acceptors (Lipinski definition) is 4. The lowest BCUT2D eigenvalue weighted by atomic mass is 9.89. The third-order valence-corrected chi connectivity index (χ3v) is 4.17. The van der Waals surface area contributed by atoms with Crippen LogP contribution >= 0.6 is 11.6 Å². The van der Waals surface area contributed by atoms with Crippen molar-refractivity contribution in [1.82, 2.24) is 10.3 Å². The fraction of sp³-hybridized carbons (Fsp3) is 0.571. The van der Waals surface area contributed by atoms with Crippen LogP contribution in [-0.4, -0.2) is 41.7 Å². The molecule has 2 N–H and O–H groups in total. The van der Waals surface area contributed by atoms with Crippen molar-refractivity contribution < 1.29 is 9.90 Å². The molecule has 1 aromatic heterocycles. The van der Waals surface area contributed by atoms with E-state index in [9.17, 15) is 9.90 Å². The summed E-state index contributed by atoms with van der Waals surface area (Å²) in [6.07, 6.45) is 3.27. The van der Waals surface area contributed by atoms with Gasteiger partial charge in [0.25, 0.3) is 0 Å². The van der Waals surface area contributed by atoms with Crippen LogP contribution in [-0.2, 0) is 4.79 Å². The van der Waals surface area contributed by atoms with Gasteiger partial charge in [-0.15, -0.1) is 0 Å². The first kappa shape index (κ1) is 15.1. The lowest BCUT2D eigenvalue weighted by Gasteiger charge is -2.40. The molecule has 5 nitrogen and oxygen atoms in total. The van der Waals surface area contributed by atoms with E-state index in [4.69, 9.17) is 11.6 Å². The van der Waals surface area contributed by atoms with Crippen LogP contribution in [0, 0.1) is 6.92 Å². The van der Waals surface area contributed by atoms with Crippen LogP contribution in [0.25, 0.3) is 0 Å². The Bertz CT molecular complexity index is 509.